The predicted molar refractivity (Wildman–Crippen MR) is 115 cm³/mol. The standard InChI is InChI=1S/C22H14Cl2N2O3/c23-15-7-5-14(6-8-15)20(27)13-25-19-4-2-1-3-18(19)21(28)26(22(25)29)17-11-9-16(24)10-12-17/h1-12H,13H2. The molecule has 3 aromatic carbocycles. The van der Waals surface area contributed by atoms with Crippen molar-refractivity contribution in [2.24, 2.45) is 0 Å². The molecule has 0 aliphatic rings. The molecule has 0 aliphatic carbocycles. The van der Waals surface area contributed by atoms with E-state index in [-0.39, 0.29) is 12.3 Å². The molecule has 0 unspecified atom stereocenters. The van der Waals surface area contributed by atoms with Crippen molar-refractivity contribution < 1.29 is 4.79 Å². The molecular formula is C22H14Cl2N2O3. The van der Waals surface area contributed by atoms with Crippen LogP contribution < -0.4 is 11.2 Å². The lowest BCUT2D eigenvalue weighted by molar-refractivity contribution is 0.0971. The first-order valence-corrected chi connectivity index (χ1v) is 9.50. The van der Waals surface area contributed by atoms with Crippen LogP contribution in [0.15, 0.2) is 82.4 Å². The van der Waals surface area contributed by atoms with E-state index >= 15 is 0 Å². The molecule has 0 spiro atoms. The molecule has 1 heterocycles. The van der Waals surface area contributed by atoms with Gasteiger partial charge in [0.05, 0.1) is 23.1 Å². The highest BCUT2D eigenvalue weighted by atomic mass is 35.5. The zero-order valence-electron chi connectivity index (χ0n) is 15.0. The number of carbonyl (C=O) groups excluding carboxylic acids is 1. The quantitative estimate of drug-likeness (QED) is 0.457. The minimum absolute atomic E-state index is 0.213. The Hall–Kier alpha value is -3.15. The fourth-order valence-electron chi connectivity index (χ4n) is 3.16. The molecule has 7 heteroatoms. The van der Waals surface area contributed by atoms with Gasteiger partial charge in [0, 0.05) is 15.6 Å². The molecule has 5 nitrogen and oxygen atoms in total. The second-order valence-corrected chi connectivity index (χ2v) is 7.31. The van der Waals surface area contributed by atoms with E-state index in [1.54, 1.807) is 72.8 Å². The Morgan fingerprint density at radius 1 is 0.793 bits per heavy atom. The van der Waals surface area contributed by atoms with Crippen LogP contribution in [-0.2, 0) is 6.54 Å². The Bertz CT molecular complexity index is 1340. The van der Waals surface area contributed by atoms with Crippen molar-refractivity contribution in [3.63, 3.8) is 0 Å². The number of para-hydroxylation sites is 1. The van der Waals surface area contributed by atoms with Crippen LogP contribution in [0, 0.1) is 0 Å². The van der Waals surface area contributed by atoms with Crippen molar-refractivity contribution in [2.45, 2.75) is 6.54 Å². The number of rotatable bonds is 4. The summed E-state index contributed by atoms with van der Waals surface area (Å²) in [5.41, 5.74) is 0.147. The van der Waals surface area contributed by atoms with Gasteiger partial charge in [-0.15, -0.1) is 0 Å². The summed E-state index contributed by atoms with van der Waals surface area (Å²) >= 11 is 11.8. The number of ketones is 1. The highest BCUT2D eigenvalue weighted by molar-refractivity contribution is 6.30. The topological polar surface area (TPSA) is 61.1 Å². The van der Waals surface area contributed by atoms with Gasteiger partial charge < -0.3 is 0 Å². The molecule has 1 aromatic heterocycles. The van der Waals surface area contributed by atoms with Crippen LogP contribution in [0.4, 0.5) is 0 Å². The Kier molecular flexibility index (Phi) is 5.09. The summed E-state index contributed by atoms with van der Waals surface area (Å²) in [7, 11) is 0. The average molecular weight is 425 g/mol. The summed E-state index contributed by atoms with van der Waals surface area (Å²) in [6.45, 7) is -0.213. The molecule has 0 amide bonds. The number of nitrogens with zero attached hydrogens (tertiary/aromatic N) is 2. The van der Waals surface area contributed by atoms with Crippen molar-refractivity contribution in [3.05, 3.63) is 109 Å². The largest absolute Gasteiger partial charge is 0.336 e. The lowest BCUT2D eigenvalue weighted by Gasteiger charge is -2.14. The summed E-state index contributed by atoms with van der Waals surface area (Å²) in [4.78, 5) is 39.0. The second kappa shape index (κ2) is 7.70. The Balaban J connectivity index is 1.92. The summed E-state index contributed by atoms with van der Waals surface area (Å²) < 4.78 is 2.36. The number of benzene rings is 3. The van der Waals surface area contributed by atoms with Gasteiger partial charge >= 0.3 is 5.69 Å². The minimum atomic E-state index is -0.599. The van der Waals surface area contributed by atoms with Crippen LogP contribution in [0.3, 0.4) is 0 Å². The van der Waals surface area contributed by atoms with Crippen molar-refractivity contribution in [1.29, 1.82) is 0 Å². The van der Waals surface area contributed by atoms with E-state index in [4.69, 9.17) is 23.2 Å². The molecular weight excluding hydrogens is 411 g/mol. The van der Waals surface area contributed by atoms with Crippen LogP contribution in [0.25, 0.3) is 16.6 Å². The molecule has 0 saturated carbocycles. The zero-order chi connectivity index (χ0) is 20.5. The van der Waals surface area contributed by atoms with Gasteiger partial charge in [0.25, 0.3) is 5.56 Å². The smallest absolute Gasteiger partial charge is 0.292 e. The molecule has 29 heavy (non-hydrogen) atoms. The predicted octanol–water partition coefficient (Wildman–Crippen LogP) is 4.34. The van der Waals surface area contributed by atoms with Crippen LogP contribution in [-0.4, -0.2) is 14.9 Å². The second-order valence-electron chi connectivity index (χ2n) is 6.43. The van der Waals surface area contributed by atoms with E-state index in [2.05, 4.69) is 0 Å². The average Bonchev–Trinajstić information content (AvgIpc) is 2.73. The first kappa shape index (κ1) is 19.2. The number of halogens is 2. The van der Waals surface area contributed by atoms with Crippen molar-refractivity contribution in [2.75, 3.05) is 0 Å². The Morgan fingerprint density at radius 2 is 1.38 bits per heavy atom. The first-order valence-electron chi connectivity index (χ1n) is 8.75. The van der Waals surface area contributed by atoms with Gasteiger partial charge in [0.15, 0.2) is 5.78 Å². The maximum atomic E-state index is 13.2. The van der Waals surface area contributed by atoms with E-state index in [0.29, 0.717) is 32.2 Å². The molecule has 0 bridgehead atoms. The van der Waals surface area contributed by atoms with E-state index in [1.165, 1.54) is 4.57 Å². The fraction of sp³-hybridized carbons (Fsp3) is 0.0455. The third kappa shape index (κ3) is 3.62. The van der Waals surface area contributed by atoms with Gasteiger partial charge in [0.2, 0.25) is 0 Å². The van der Waals surface area contributed by atoms with Gasteiger partial charge in [0.1, 0.15) is 0 Å². The van der Waals surface area contributed by atoms with Crippen LogP contribution in [0.1, 0.15) is 10.4 Å². The number of aromatic nitrogens is 2. The molecule has 0 saturated heterocycles. The number of hydrogen-bond acceptors (Lipinski definition) is 3. The molecule has 0 N–H and O–H groups in total. The molecule has 0 radical (unpaired) electrons. The van der Waals surface area contributed by atoms with Crippen LogP contribution in [0.2, 0.25) is 10.0 Å². The third-order valence-corrected chi connectivity index (χ3v) is 5.11. The van der Waals surface area contributed by atoms with Crippen molar-refractivity contribution >= 4 is 39.9 Å². The van der Waals surface area contributed by atoms with E-state index < -0.39 is 11.2 Å². The van der Waals surface area contributed by atoms with Crippen molar-refractivity contribution in [1.82, 2.24) is 9.13 Å². The van der Waals surface area contributed by atoms with Gasteiger partial charge in [-0.25, -0.2) is 9.36 Å². The third-order valence-electron chi connectivity index (χ3n) is 4.60. The fourth-order valence-corrected chi connectivity index (χ4v) is 3.41. The first-order chi connectivity index (χ1) is 14.0. The van der Waals surface area contributed by atoms with Crippen molar-refractivity contribution in [3.8, 4) is 5.69 Å². The number of fused-ring (bicyclic) bond motifs is 1. The lowest BCUT2D eigenvalue weighted by atomic mass is 10.1. The molecule has 4 aromatic rings. The van der Waals surface area contributed by atoms with Gasteiger partial charge in [-0.3, -0.25) is 14.2 Å². The van der Waals surface area contributed by atoms with Crippen LogP contribution >= 0.6 is 23.2 Å². The summed E-state index contributed by atoms with van der Waals surface area (Å²) in [5.74, 6) is -0.268. The normalized spacial score (nSPS) is 11.0. The molecule has 0 atom stereocenters. The van der Waals surface area contributed by atoms with E-state index in [9.17, 15) is 14.4 Å². The molecule has 0 fully saturated rings. The zero-order valence-corrected chi connectivity index (χ0v) is 16.5. The van der Waals surface area contributed by atoms with Gasteiger partial charge in [-0.05, 0) is 60.7 Å². The van der Waals surface area contributed by atoms with Gasteiger partial charge in [-0.1, -0.05) is 35.3 Å². The van der Waals surface area contributed by atoms with E-state index in [1.807, 2.05) is 0 Å². The number of carbonyl (C=O) groups is 1. The monoisotopic (exact) mass is 424 g/mol. The summed E-state index contributed by atoms with van der Waals surface area (Å²) in [5, 5.41) is 1.34. The Morgan fingerprint density at radius 3 is 2.03 bits per heavy atom. The number of hydrogen-bond donors (Lipinski definition) is 0. The summed E-state index contributed by atoms with van der Waals surface area (Å²) in [6, 6.07) is 19.5. The highest BCUT2D eigenvalue weighted by Crippen LogP contribution is 2.15. The maximum Gasteiger partial charge on any atom is 0.336 e. The lowest BCUT2D eigenvalue weighted by Crippen LogP contribution is -2.40. The maximum absolute atomic E-state index is 13.2. The SMILES string of the molecule is O=C(Cn1c(=O)n(-c2ccc(Cl)cc2)c(=O)c2ccccc21)c1ccc(Cl)cc1. The minimum Gasteiger partial charge on any atom is -0.292 e. The van der Waals surface area contributed by atoms with Gasteiger partial charge in [-0.2, -0.15) is 0 Å². The van der Waals surface area contributed by atoms with Crippen LogP contribution in [0.5, 0.6) is 0 Å². The molecule has 4 rings (SSSR count). The van der Waals surface area contributed by atoms with E-state index in [0.717, 1.165) is 4.57 Å². The molecule has 0 aliphatic heterocycles. The molecule has 144 valence electrons. The Labute approximate surface area is 175 Å². The summed E-state index contributed by atoms with van der Waals surface area (Å²) in [6.07, 6.45) is 0. The highest BCUT2D eigenvalue weighted by Gasteiger charge is 2.17. The number of Topliss-reactive ketones (excluding diaryl/α,β-unsaturated/α-hetero) is 1.